The maximum absolute atomic E-state index is 11.9. The van der Waals surface area contributed by atoms with Crippen molar-refractivity contribution in [3.05, 3.63) is 23.8 Å². The van der Waals surface area contributed by atoms with Crippen LogP contribution in [0.1, 0.15) is 5.56 Å². The highest BCUT2D eigenvalue weighted by Crippen LogP contribution is 2.37. The zero-order valence-corrected chi connectivity index (χ0v) is 7.67. The number of nitrogen functional groups attached to an aromatic ring is 1. The van der Waals surface area contributed by atoms with Gasteiger partial charge >= 0.3 is 5.51 Å². The molecule has 0 aliphatic carbocycles. The van der Waals surface area contributed by atoms with Crippen molar-refractivity contribution in [2.75, 3.05) is 5.73 Å². The number of hydrogen-bond acceptors (Lipinski definition) is 2. The first kappa shape index (κ1) is 10.2. The van der Waals surface area contributed by atoms with Crippen LogP contribution >= 0.6 is 11.8 Å². The minimum absolute atomic E-state index is 0.130. The average Bonchev–Trinajstić information content (AvgIpc) is 1.78. The van der Waals surface area contributed by atoms with Gasteiger partial charge < -0.3 is 5.73 Å². The number of hydrogen-bond donors (Lipinski definition) is 1. The zero-order chi connectivity index (χ0) is 10.1. The lowest BCUT2D eigenvalue weighted by atomic mass is 10.2. The van der Waals surface area contributed by atoms with E-state index in [0.29, 0.717) is 5.69 Å². The molecule has 0 aliphatic rings. The van der Waals surface area contributed by atoms with E-state index in [4.69, 9.17) is 5.73 Å². The van der Waals surface area contributed by atoms with E-state index in [2.05, 4.69) is 0 Å². The van der Waals surface area contributed by atoms with Crippen LogP contribution in [0.25, 0.3) is 0 Å². The molecule has 0 saturated heterocycles. The van der Waals surface area contributed by atoms with Gasteiger partial charge in [-0.1, -0.05) is 0 Å². The van der Waals surface area contributed by atoms with Gasteiger partial charge in [-0.05, 0) is 42.4 Å². The molecule has 0 bridgehead atoms. The molecule has 0 unspecified atom stereocenters. The summed E-state index contributed by atoms with van der Waals surface area (Å²) in [6.45, 7) is 1.71. The quantitative estimate of drug-likeness (QED) is 0.565. The SMILES string of the molecule is Cc1cc(N)cc(SC(F)(F)F)c1. The molecule has 13 heavy (non-hydrogen) atoms. The van der Waals surface area contributed by atoms with E-state index in [1.165, 1.54) is 12.1 Å². The van der Waals surface area contributed by atoms with Gasteiger partial charge in [-0.3, -0.25) is 0 Å². The summed E-state index contributed by atoms with van der Waals surface area (Å²) in [7, 11) is 0. The Balaban J connectivity index is 2.90. The molecular formula is C8H8F3NS. The Morgan fingerprint density at radius 1 is 1.23 bits per heavy atom. The molecule has 1 aromatic carbocycles. The van der Waals surface area contributed by atoms with E-state index in [9.17, 15) is 13.2 Å². The topological polar surface area (TPSA) is 26.0 Å². The Morgan fingerprint density at radius 2 is 1.85 bits per heavy atom. The predicted octanol–water partition coefficient (Wildman–Crippen LogP) is 3.19. The first-order chi connectivity index (χ1) is 5.87. The van der Waals surface area contributed by atoms with Crippen LogP contribution in [-0.2, 0) is 0 Å². The van der Waals surface area contributed by atoms with Gasteiger partial charge in [0.1, 0.15) is 0 Å². The summed E-state index contributed by atoms with van der Waals surface area (Å²) < 4.78 is 35.8. The Kier molecular flexibility index (Phi) is 2.75. The number of thioether (sulfide) groups is 1. The lowest BCUT2D eigenvalue weighted by Gasteiger charge is -2.06. The Hall–Kier alpha value is -0.840. The van der Waals surface area contributed by atoms with Gasteiger partial charge in [-0.25, -0.2) is 0 Å². The van der Waals surface area contributed by atoms with Crippen LogP contribution in [0, 0.1) is 6.92 Å². The third-order valence-corrected chi connectivity index (χ3v) is 2.01. The van der Waals surface area contributed by atoms with Crippen molar-refractivity contribution in [1.29, 1.82) is 0 Å². The van der Waals surface area contributed by atoms with Crippen LogP contribution in [0.5, 0.6) is 0 Å². The standard InChI is InChI=1S/C8H8F3NS/c1-5-2-6(12)4-7(3-5)13-8(9,10)11/h2-4H,12H2,1H3. The maximum Gasteiger partial charge on any atom is 0.446 e. The van der Waals surface area contributed by atoms with Gasteiger partial charge in [-0.2, -0.15) is 13.2 Å². The molecule has 1 nitrogen and oxygen atoms in total. The summed E-state index contributed by atoms with van der Waals surface area (Å²) in [4.78, 5) is 0.130. The molecule has 0 atom stereocenters. The molecule has 0 amide bonds. The highest BCUT2D eigenvalue weighted by Gasteiger charge is 2.29. The summed E-state index contributed by atoms with van der Waals surface area (Å²) in [5, 5.41) is 0. The Morgan fingerprint density at radius 3 is 2.31 bits per heavy atom. The Bertz CT molecular complexity index is 288. The lowest BCUT2D eigenvalue weighted by molar-refractivity contribution is -0.0328. The molecule has 0 fully saturated rings. The number of aryl methyl sites for hydroxylation is 1. The fraction of sp³-hybridized carbons (Fsp3) is 0.250. The molecule has 0 aromatic heterocycles. The van der Waals surface area contributed by atoms with Gasteiger partial charge in [0.15, 0.2) is 0 Å². The molecule has 0 spiro atoms. The third-order valence-electron chi connectivity index (χ3n) is 1.31. The normalized spacial score (nSPS) is 11.7. The molecule has 0 radical (unpaired) electrons. The van der Waals surface area contributed by atoms with Crippen molar-refractivity contribution in [1.82, 2.24) is 0 Å². The van der Waals surface area contributed by atoms with Crippen molar-refractivity contribution in [3.8, 4) is 0 Å². The lowest BCUT2D eigenvalue weighted by Crippen LogP contribution is -1.99. The van der Waals surface area contributed by atoms with Gasteiger partial charge in [0.2, 0.25) is 0 Å². The number of halogens is 3. The van der Waals surface area contributed by atoms with Crippen LogP contribution in [0.2, 0.25) is 0 Å². The van der Waals surface area contributed by atoms with Crippen LogP contribution in [-0.4, -0.2) is 5.51 Å². The van der Waals surface area contributed by atoms with E-state index < -0.39 is 5.51 Å². The van der Waals surface area contributed by atoms with Crippen molar-refractivity contribution in [3.63, 3.8) is 0 Å². The van der Waals surface area contributed by atoms with E-state index in [0.717, 1.165) is 5.56 Å². The summed E-state index contributed by atoms with van der Waals surface area (Å²) >= 11 is -0.151. The van der Waals surface area contributed by atoms with Gasteiger partial charge in [0, 0.05) is 10.6 Å². The number of anilines is 1. The van der Waals surface area contributed by atoms with Gasteiger partial charge in [0.25, 0.3) is 0 Å². The van der Waals surface area contributed by atoms with Crippen molar-refractivity contribution in [2.24, 2.45) is 0 Å². The van der Waals surface area contributed by atoms with Crippen LogP contribution in [0.4, 0.5) is 18.9 Å². The first-order valence-corrected chi connectivity index (χ1v) is 4.31. The molecule has 72 valence electrons. The second kappa shape index (κ2) is 3.49. The Labute approximate surface area is 78.1 Å². The van der Waals surface area contributed by atoms with E-state index in [1.807, 2.05) is 0 Å². The molecular weight excluding hydrogens is 199 g/mol. The second-order valence-corrected chi connectivity index (χ2v) is 3.77. The zero-order valence-electron chi connectivity index (χ0n) is 6.85. The molecule has 1 rings (SSSR count). The van der Waals surface area contributed by atoms with Gasteiger partial charge in [0.05, 0.1) is 0 Å². The summed E-state index contributed by atoms with van der Waals surface area (Å²) in [5.74, 6) is 0. The minimum Gasteiger partial charge on any atom is -0.399 e. The smallest absolute Gasteiger partial charge is 0.399 e. The molecule has 0 aliphatic heterocycles. The number of rotatable bonds is 1. The van der Waals surface area contributed by atoms with Crippen LogP contribution in [0.3, 0.4) is 0 Å². The second-order valence-electron chi connectivity index (χ2n) is 2.63. The summed E-state index contributed by atoms with van der Waals surface area (Å²) in [6, 6.07) is 4.39. The van der Waals surface area contributed by atoms with Crippen LogP contribution in [0.15, 0.2) is 23.1 Å². The summed E-state index contributed by atoms with van der Waals surface area (Å²) in [6.07, 6.45) is 0. The summed E-state index contributed by atoms with van der Waals surface area (Å²) in [5.41, 5.74) is 2.23. The number of nitrogens with two attached hydrogens (primary N) is 1. The third kappa shape index (κ3) is 3.59. The van der Waals surface area contributed by atoms with Gasteiger partial charge in [-0.15, -0.1) is 0 Å². The molecule has 5 heteroatoms. The molecule has 0 heterocycles. The fourth-order valence-corrected chi connectivity index (χ4v) is 1.68. The average molecular weight is 207 g/mol. The van der Waals surface area contributed by atoms with Crippen molar-refractivity contribution in [2.45, 2.75) is 17.3 Å². The van der Waals surface area contributed by atoms with E-state index in [-0.39, 0.29) is 16.7 Å². The molecule has 2 N–H and O–H groups in total. The molecule has 1 aromatic rings. The minimum atomic E-state index is -4.25. The number of benzene rings is 1. The van der Waals surface area contributed by atoms with Crippen molar-refractivity contribution >= 4 is 17.4 Å². The highest BCUT2D eigenvalue weighted by atomic mass is 32.2. The van der Waals surface area contributed by atoms with E-state index >= 15 is 0 Å². The monoisotopic (exact) mass is 207 g/mol. The predicted molar refractivity (Wildman–Crippen MR) is 47.5 cm³/mol. The number of alkyl halides is 3. The molecule has 0 saturated carbocycles. The maximum atomic E-state index is 11.9. The first-order valence-electron chi connectivity index (χ1n) is 3.50. The van der Waals surface area contributed by atoms with Crippen LogP contribution < -0.4 is 5.73 Å². The largest absolute Gasteiger partial charge is 0.446 e. The highest BCUT2D eigenvalue weighted by molar-refractivity contribution is 8.00. The van der Waals surface area contributed by atoms with Crippen molar-refractivity contribution < 1.29 is 13.2 Å². The fourth-order valence-electron chi connectivity index (χ4n) is 0.969. The van der Waals surface area contributed by atoms with E-state index in [1.54, 1.807) is 13.0 Å².